The van der Waals surface area contributed by atoms with Gasteiger partial charge in [0.2, 0.25) is 0 Å². The molecule has 28 heavy (non-hydrogen) atoms. The molecule has 0 N–H and O–H groups in total. The fourth-order valence-corrected chi connectivity index (χ4v) is 4.80. The molecule has 0 amide bonds. The van der Waals surface area contributed by atoms with Gasteiger partial charge in [0.05, 0.1) is 18.5 Å². The van der Waals surface area contributed by atoms with Crippen molar-refractivity contribution in [3.05, 3.63) is 99.0 Å². The van der Waals surface area contributed by atoms with Crippen molar-refractivity contribution in [3.8, 4) is 5.75 Å². The molecule has 0 unspecified atom stereocenters. The topological polar surface area (TPSA) is 21.6 Å². The number of benzene rings is 3. The molecule has 0 bridgehead atoms. The number of hydrogen-bond acceptors (Lipinski definition) is 2. The van der Waals surface area contributed by atoms with Crippen molar-refractivity contribution >= 4 is 32.9 Å². The van der Waals surface area contributed by atoms with E-state index in [0.717, 1.165) is 21.6 Å². The van der Waals surface area contributed by atoms with Crippen LogP contribution >= 0.6 is 15.9 Å². The third kappa shape index (κ3) is 2.43. The first-order valence-corrected chi connectivity index (χ1v) is 10.2. The number of halogens is 1. The maximum atomic E-state index is 5.50. The maximum absolute atomic E-state index is 5.50. The average molecular weight is 430 g/mol. The monoisotopic (exact) mass is 429 g/mol. The van der Waals surface area contributed by atoms with E-state index in [2.05, 4.69) is 90.4 Å². The molecule has 0 fully saturated rings. The van der Waals surface area contributed by atoms with Crippen LogP contribution in [0.3, 0.4) is 0 Å². The smallest absolute Gasteiger partial charge is 0.119 e. The van der Waals surface area contributed by atoms with Crippen LogP contribution in [0.4, 0.5) is 5.69 Å². The highest BCUT2D eigenvalue weighted by atomic mass is 79.9. The minimum Gasteiger partial charge on any atom is -0.497 e. The molecule has 5 rings (SSSR count). The van der Waals surface area contributed by atoms with Crippen LogP contribution in [-0.2, 0) is 5.41 Å². The van der Waals surface area contributed by atoms with Crippen molar-refractivity contribution in [2.45, 2.75) is 19.3 Å². The van der Waals surface area contributed by atoms with E-state index in [1.165, 1.54) is 33.4 Å². The van der Waals surface area contributed by atoms with E-state index in [0.29, 0.717) is 0 Å². The minimum atomic E-state index is -0.197. The van der Waals surface area contributed by atoms with E-state index in [-0.39, 0.29) is 5.41 Å². The zero-order valence-electron chi connectivity index (χ0n) is 16.1. The molecular formula is C25H20BrNO. The Hall–Kier alpha value is -2.65. The lowest BCUT2D eigenvalue weighted by Gasteiger charge is -2.34. The normalized spacial score (nSPS) is 16.2. The molecule has 1 aliphatic carbocycles. The highest BCUT2D eigenvalue weighted by molar-refractivity contribution is 9.10. The Balaban J connectivity index is 1.88. The highest BCUT2D eigenvalue weighted by Gasteiger charge is 2.42. The second-order valence-electron chi connectivity index (χ2n) is 7.77. The molecule has 0 aromatic heterocycles. The number of nitrogens with zero attached hydrogens (tertiary/aromatic N) is 1. The van der Waals surface area contributed by atoms with Gasteiger partial charge in [0.1, 0.15) is 5.75 Å². The Morgan fingerprint density at radius 3 is 2.43 bits per heavy atom. The molecule has 1 heterocycles. The van der Waals surface area contributed by atoms with Crippen LogP contribution in [0.15, 0.2) is 81.8 Å². The molecule has 3 heteroatoms. The van der Waals surface area contributed by atoms with Gasteiger partial charge in [-0.15, -0.1) is 0 Å². The first-order chi connectivity index (χ1) is 13.5. The Bertz CT molecular complexity index is 1170. The number of allylic oxidation sites excluding steroid dienone is 1. The average Bonchev–Trinajstić information content (AvgIpc) is 3.03. The molecular weight excluding hydrogens is 410 g/mol. The van der Waals surface area contributed by atoms with Crippen LogP contribution in [0, 0.1) is 0 Å². The number of ether oxygens (including phenoxy) is 1. The van der Waals surface area contributed by atoms with Gasteiger partial charge in [-0.05, 0) is 58.2 Å². The van der Waals surface area contributed by atoms with Crippen molar-refractivity contribution in [2.75, 3.05) is 7.11 Å². The predicted octanol–water partition coefficient (Wildman–Crippen LogP) is 6.69. The highest BCUT2D eigenvalue weighted by Crippen LogP contribution is 2.52. The van der Waals surface area contributed by atoms with Gasteiger partial charge in [0, 0.05) is 15.5 Å². The summed E-state index contributed by atoms with van der Waals surface area (Å²) >= 11 is 3.66. The number of methoxy groups -OCH3 is 1. The van der Waals surface area contributed by atoms with E-state index in [4.69, 9.17) is 9.73 Å². The maximum Gasteiger partial charge on any atom is 0.119 e. The summed E-state index contributed by atoms with van der Waals surface area (Å²) in [5.74, 6) is 0.866. The zero-order chi connectivity index (χ0) is 19.5. The third-order valence-electron chi connectivity index (χ3n) is 5.79. The molecule has 3 aromatic carbocycles. The van der Waals surface area contributed by atoms with Gasteiger partial charge < -0.3 is 4.74 Å². The van der Waals surface area contributed by atoms with Gasteiger partial charge >= 0.3 is 0 Å². The van der Waals surface area contributed by atoms with Crippen LogP contribution in [0.5, 0.6) is 5.75 Å². The molecule has 1 aliphatic heterocycles. The summed E-state index contributed by atoms with van der Waals surface area (Å²) in [6, 6.07) is 23.3. The summed E-state index contributed by atoms with van der Waals surface area (Å²) in [6.45, 7) is 4.58. The van der Waals surface area contributed by atoms with Gasteiger partial charge in [-0.2, -0.15) is 0 Å². The summed E-state index contributed by atoms with van der Waals surface area (Å²) in [4.78, 5) is 5.11. The summed E-state index contributed by atoms with van der Waals surface area (Å²) in [5.41, 5.74) is 9.33. The largest absolute Gasteiger partial charge is 0.497 e. The number of fused-ring (bicyclic) bond motifs is 4. The van der Waals surface area contributed by atoms with E-state index in [9.17, 15) is 0 Å². The van der Waals surface area contributed by atoms with E-state index in [1.807, 2.05) is 6.07 Å². The zero-order valence-corrected chi connectivity index (χ0v) is 17.7. The van der Waals surface area contributed by atoms with E-state index < -0.39 is 0 Å². The lowest BCUT2D eigenvalue weighted by molar-refractivity contribution is 0.413. The molecule has 2 nitrogen and oxygen atoms in total. The lowest BCUT2D eigenvalue weighted by atomic mass is 9.71. The molecule has 3 aromatic rings. The first kappa shape index (κ1) is 17.4. The summed E-state index contributed by atoms with van der Waals surface area (Å²) in [6.07, 6.45) is 0. The fraction of sp³-hybridized carbons (Fsp3) is 0.160. The van der Waals surface area contributed by atoms with Crippen LogP contribution in [-0.4, -0.2) is 12.8 Å². The van der Waals surface area contributed by atoms with Crippen molar-refractivity contribution < 1.29 is 4.74 Å². The van der Waals surface area contributed by atoms with Crippen LogP contribution in [0.25, 0.3) is 5.57 Å². The minimum absolute atomic E-state index is 0.197. The molecule has 0 radical (unpaired) electrons. The summed E-state index contributed by atoms with van der Waals surface area (Å²) in [5, 5.41) is 0. The standard InChI is InChI=1S/C25H20BrNO/c1-25(2)20-14-17(28-3)10-12-21(20)27-24-18-11-9-16(26)13-19(18)22(23(24)25)15-7-5-4-6-8-15/h4-14H,1-3H3. The Morgan fingerprint density at radius 2 is 1.68 bits per heavy atom. The van der Waals surface area contributed by atoms with Gasteiger partial charge in [0.25, 0.3) is 0 Å². The van der Waals surface area contributed by atoms with Crippen molar-refractivity contribution in [3.63, 3.8) is 0 Å². The molecule has 2 aliphatic rings. The van der Waals surface area contributed by atoms with Crippen molar-refractivity contribution in [2.24, 2.45) is 4.99 Å². The number of aliphatic imine (C=N–C) groups is 1. The third-order valence-corrected chi connectivity index (χ3v) is 6.28. The van der Waals surface area contributed by atoms with Crippen LogP contribution in [0.1, 0.15) is 36.1 Å². The molecule has 0 spiro atoms. The van der Waals surface area contributed by atoms with Gasteiger partial charge in [-0.3, -0.25) is 0 Å². The fourth-order valence-electron chi connectivity index (χ4n) is 4.44. The van der Waals surface area contributed by atoms with Crippen LogP contribution < -0.4 is 4.74 Å². The molecule has 0 atom stereocenters. The lowest BCUT2D eigenvalue weighted by Crippen LogP contribution is -2.28. The van der Waals surface area contributed by atoms with Gasteiger partial charge in [0.15, 0.2) is 0 Å². The molecule has 0 saturated carbocycles. The Morgan fingerprint density at radius 1 is 0.893 bits per heavy atom. The Kier molecular flexibility index (Phi) is 3.85. The van der Waals surface area contributed by atoms with Gasteiger partial charge in [-0.1, -0.05) is 66.2 Å². The Labute approximate surface area is 173 Å². The second kappa shape index (κ2) is 6.18. The quantitative estimate of drug-likeness (QED) is 0.444. The van der Waals surface area contributed by atoms with Crippen LogP contribution in [0.2, 0.25) is 0 Å². The summed E-state index contributed by atoms with van der Waals surface area (Å²) < 4.78 is 6.58. The predicted molar refractivity (Wildman–Crippen MR) is 119 cm³/mol. The molecule has 0 saturated heterocycles. The van der Waals surface area contributed by atoms with E-state index >= 15 is 0 Å². The summed E-state index contributed by atoms with van der Waals surface area (Å²) in [7, 11) is 1.71. The van der Waals surface area contributed by atoms with Crippen molar-refractivity contribution in [1.29, 1.82) is 0 Å². The second-order valence-corrected chi connectivity index (χ2v) is 8.69. The first-order valence-electron chi connectivity index (χ1n) is 9.39. The van der Waals surface area contributed by atoms with Crippen molar-refractivity contribution in [1.82, 2.24) is 0 Å². The van der Waals surface area contributed by atoms with E-state index in [1.54, 1.807) is 7.11 Å². The molecule has 138 valence electrons. The van der Waals surface area contributed by atoms with Gasteiger partial charge in [-0.25, -0.2) is 4.99 Å². The SMILES string of the molecule is COc1ccc2c(c1)C(C)(C)C1=C(c3ccccc3)c3cc(Br)ccc3C1=N2. The number of rotatable bonds is 2. The number of hydrogen-bond donors (Lipinski definition) is 0.